The average Bonchev–Trinajstić information content (AvgIpc) is 2.21. The van der Waals surface area contributed by atoms with Crippen LogP contribution in [-0.2, 0) is 5.41 Å². The van der Waals surface area contributed by atoms with Crippen LogP contribution in [0.15, 0.2) is 6.07 Å². The fourth-order valence-electron chi connectivity index (χ4n) is 2.01. The van der Waals surface area contributed by atoms with Gasteiger partial charge in [0.15, 0.2) is 0 Å². The molecule has 0 amide bonds. The second kappa shape index (κ2) is 4.72. The van der Waals surface area contributed by atoms with Crippen LogP contribution >= 0.6 is 0 Å². The Morgan fingerprint density at radius 2 is 2.06 bits per heavy atom. The number of aliphatic hydroxyl groups is 1. The van der Waals surface area contributed by atoms with Crippen LogP contribution in [0, 0.1) is 5.92 Å². The lowest BCUT2D eigenvalue weighted by Crippen LogP contribution is -2.33. The number of aliphatic hydroxyl groups excluding tert-OH is 1. The lowest BCUT2D eigenvalue weighted by molar-refractivity contribution is 0.0486. The van der Waals surface area contributed by atoms with Gasteiger partial charge in [-0.2, -0.15) is 0 Å². The van der Waals surface area contributed by atoms with E-state index in [1.165, 1.54) is 0 Å². The number of anilines is 2. The minimum absolute atomic E-state index is 0.113. The molecule has 1 aliphatic rings. The molecule has 1 heterocycles. The summed E-state index contributed by atoms with van der Waals surface area (Å²) in [5.74, 6) is 2.55. The first kappa shape index (κ1) is 13.1. The molecule has 1 saturated carbocycles. The molecule has 18 heavy (non-hydrogen) atoms. The van der Waals surface area contributed by atoms with Gasteiger partial charge in [-0.3, -0.25) is 0 Å². The largest absolute Gasteiger partial charge is 0.393 e. The van der Waals surface area contributed by atoms with Crippen LogP contribution in [0.5, 0.6) is 0 Å². The predicted molar refractivity (Wildman–Crippen MR) is 72.4 cm³/mol. The highest BCUT2D eigenvalue weighted by molar-refractivity contribution is 5.45. The summed E-state index contributed by atoms with van der Waals surface area (Å²) >= 11 is 0. The van der Waals surface area contributed by atoms with Gasteiger partial charge in [0, 0.05) is 18.0 Å². The molecule has 0 bridgehead atoms. The first-order chi connectivity index (χ1) is 8.34. The molecule has 5 nitrogen and oxygen atoms in total. The zero-order valence-electron chi connectivity index (χ0n) is 11.3. The highest BCUT2D eigenvalue weighted by Gasteiger charge is 2.27. The fraction of sp³-hybridized carbons (Fsp3) is 0.692. The smallest absolute Gasteiger partial charge is 0.138 e. The molecule has 100 valence electrons. The molecule has 0 radical (unpaired) electrons. The topological polar surface area (TPSA) is 84.1 Å². The van der Waals surface area contributed by atoms with Crippen LogP contribution in [0.4, 0.5) is 11.6 Å². The van der Waals surface area contributed by atoms with Gasteiger partial charge in [0.1, 0.15) is 17.5 Å². The van der Waals surface area contributed by atoms with E-state index in [0.717, 1.165) is 31.0 Å². The van der Waals surface area contributed by atoms with E-state index in [-0.39, 0.29) is 11.5 Å². The quantitative estimate of drug-likeness (QED) is 0.758. The maximum atomic E-state index is 9.24. The molecule has 1 aromatic rings. The van der Waals surface area contributed by atoms with Crippen molar-refractivity contribution >= 4 is 11.6 Å². The number of hydrogen-bond donors (Lipinski definition) is 3. The molecule has 0 spiro atoms. The van der Waals surface area contributed by atoms with Gasteiger partial charge in [0.2, 0.25) is 0 Å². The minimum Gasteiger partial charge on any atom is -0.393 e. The van der Waals surface area contributed by atoms with E-state index in [9.17, 15) is 5.11 Å². The van der Waals surface area contributed by atoms with Crippen molar-refractivity contribution < 1.29 is 5.11 Å². The Kier molecular flexibility index (Phi) is 3.43. The summed E-state index contributed by atoms with van der Waals surface area (Å²) in [6.45, 7) is 7.02. The second-order valence-corrected chi connectivity index (χ2v) is 6.12. The van der Waals surface area contributed by atoms with E-state index in [1.807, 2.05) is 0 Å². The Labute approximate surface area is 108 Å². The van der Waals surface area contributed by atoms with Gasteiger partial charge in [-0.25, -0.2) is 9.97 Å². The van der Waals surface area contributed by atoms with Crippen LogP contribution in [-0.4, -0.2) is 27.7 Å². The van der Waals surface area contributed by atoms with Crippen molar-refractivity contribution in [3.63, 3.8) is 0 Å². The molecule has 0 unspecified atom stereocenters. The molecular weight excluding hydrogens is 228 g/mol. The molecular formula is C13H22N4O. The van der Waals surface area contributed by atoms with Gasteiger partial charge in [-0.1, -0.05) is 20.8 Å². The number of aromatic nitrogens is 2. The summed E-state index contributed by atoms with van der Waals surface area (Å²) in [4.78, 5) is 8.75. The number of nitrogens with two attached hydrogens (primary N) is 1. The second-order valence-electron chi connectivity index (χ2n) is 6.12. The van der Waals surface area contributed by atoms with E-state index in [1.54, 1.807) is 6.07 Å². The third-order valence-electron chi connectivity index (χ3n) is 3.20. The van der Waals surface area contributed by atoms with Gasteiger partial charge in [-0.15, -0.1) is 0 Å². The Bertz CT molecular complexity index is 421. The van der Waals surface area contributed by atoms with Crippen molar-refractivity contribution in [2.75, 3.05) is 17.6 Å². The number of nitrogens with one attached hydrogen (secondary N) is 1. The monoisotopic (exact) mass is 250 g/mol. The highest BCUT2D eigenvalue weighted by Crippen LogP contribution is 2.27. The molecule has 2 rings (SSSR count). The van der Waals surface area contributed by atoms with Crippen LogP contribution in [0.3, 0.4) is 0 Å². The lowest BCUT2D eigenvalue weighted by atomic mass is 9.82. The van der Waals surface area contributed by atoms with Crippen LogP contribution in [0.1, 0.15) is 39.4 Å². The third kappa shape index (κ3) is 3.10. The van der Waals surface area contributed by atoms with Gasteiger partial charge in [-0.05, 0) is 18.8 Å². The van der Waals surface area contributed by atoms with E-state index in [2.05, 4.69) is 36.1 Å². The molecule has 0 aliphatic heterocycles. The number of rotatable bonds is 3. The summed E-state index contributed by atoms with van der Waals surface area (Å²) in [6.07, 6.45) is 1.64. The van der Waals surface area contributed by atoms with E-state index in [4.69, 9.17) is 5.73 Å². The molecule has 0 saturated heterocycles. The zero-order chi connectivity index (χ0) is 13.3. The average molecular weight is 250 g/mol. The van der Waals surface area contributed by atoms with E-state index < -0.39 is 0 Å². The molecule has 0 atom stereocenters. The standard InChI is InChI=1S/C13H22N4O/c1-13(2,3)12-16-10(14)6-11(17-12)15-7-8-4-9(18)5-8/h6,8-9,18H,4-5,7H2,1-3H3,(H3,14,15,16,17). The SMILES string of the molecule is CC(C)(C)c1nc(N)cc(NCC2CC(O)C2)n1. The summed E-state index contributed by atoms with van der Waals surface area (Å²) in [7, 11) is 0. The predicted octanol–water partition coefficient (Wildman–Crippen LogP) is 1.54. The van der Waals surface area contributed by atoms with Gasteiger partial charge >= 0.3 is 0 Å². The van der Waals surface area contributed by atoms with Gasteiger partial charge < -0.3 is 16.2 Å². The van der Waals surface area contributed by atoms with Crippen LogP contribution < -0.4 is 11.1 Å². The Balaban J connectivity index is 2.02. The maximum Gasteiger partial charge on any atom is 0.138 e. The summed E-state index contributed by atoms with van der Waals surface area (Å²) in [5.41, 5.74) is 5.69. The molecule has 1 aromatic heterocycles. The highest BCUT2D eigenvalue weighted by atomic mass is 16.3. The van der Waals surface area contributed by atoms with Crippen molar-refractivity contribution in [1.82, 2.24) is 9.97 Å². The molecule has 4 N–H and O–H groups in total. The van der Waals surface area contributed by atoms with E-state index >= 15 is 0 Å². The minimum atomic E-state index is -0.114. The Morgan fingerprint density at radius 3 is 2.61 bits per heavy atom. The van der Waals surface area contributed by atoms with Crippen molar-refractivity contribution in [2.24, 2.45) is 5.92 Å². The van der Waals surface area contributed by atoms with E-state index in [0.29, 0.717) is 11.7 Å². The van der Waals surface area contributed by atoms with Crippen LogP contribution in [0.25, 0.3) is 0 Å². The molecule has 1 aliphatic carbocycles. The zero-order valence-corrected chi connectivity index (χ0v) is 11.3. The van der Waals surface area contributed by atoms with Gasteiger partial charge in [0.05, 0.1) is 6.10 Å². The van der Waals surface area contributed by atoms with Crippen molar-refractivity contribution in [3.8, 4) is 0 Å². The molecule has 5 heteroatoms. The summed E-state index contributed by atoms with van der Waals surface area (Å²) < 4.78 is 0. The third-order valence-corrected chi connectivity index (χ3v) is 3.20. The summed E-state index contributed by atoms with van der Waals surface area (Å²) in [5, 5.41) is 12.5. The Hall–Kier alpha value is -1.36. The Morgan fingerprint density at radius 1 is 1.39 bits per heavy atom. The first-order valence-corrected chi connectivity index (χ1v) is 6.41. The van der Waals surface area contributed by atoms with Crippen molar-refractivity contribution in [3.05, 3.63) is 11.9 Å². The molecule has 0 aromatic carbocycles. The lowest BCUT2D eigenvalue weighted by Gasteiger charge is -2.31. The first-order valence-electron chi connectivity index (χ1n) is 6.41. The fourth-order valence-corrected chi connectivity index (χ4v) is 2.01. The van der Waals surface area contributed by atoms with Crippen molar-refractivity contribution in [2.45, 2.75) is 45.1 Å². The number of nitrogen functional groups attached to an aromatic ring is 1. The van der Waals surface area contributed by atoms with Crippen LogP contribution in [0.2, 0.25) is 0 Å². The number of nitrogens with zero attached hydrogens (tertiary/aromatic N) is 2. The maximum absolute atomic E-state index is 9.24. The number of hydrogen-bond acceptors (Lipinski definition) is 5. The van der Waals surface area contributed by atoms with Gasteiger partial charge in [0.25, 0.3) is 0 Å². The molecule has 1 fully saturated rings. The summed E-state index contributed by atoms with van der Waals surface area (Å²) in [6, 6.07) is 1.75. The normalized spacial score (nSPS) is 23.6. The van der Waals surface area contributed by atoms with Crippen molar-refractivity contribution in [1.29, 1.82) is 0 Å².